The molecule has 0 N–H and O–H groups in total. The molecule has 0 saturated carbocycles. The van der Waals surface area contributed by atoms with Crippen molar-refractivity contribution in [2.45, 2.75) is 348 Å². The number of unbranched alkanes of at least 4 members (excludes halogenated alkanes) is 38. The second kappa shape index (κ2) is 65.4. The number of carbonyl (C=O) groups excluding carboxylic acids is 3. The zero-order chi connectivity index (χ0) is 55.7. The molecule has 446 valence electrons. The van der Waals surface area contributed by atoms with Crippen LogP contribution in [0.3, 0.4) is 0 Å². The molecular weight excluding hydrogens is 949 g/mol. The number of rotatable bonds is 61. The monoisotopic (exact) mass is 1070 g/mol. The highest BCUT2D eigenvalue weighted by Gasteiger charge is 2.19. The zero-order valence-electron chi connectivity index (χ0n) is 51.2. The predicted molar refractivity (Wildman–Crippen MR) is 335 cm³/mol. The molecule has 0 fully saturated rings. The Kier molecular flexibility index (Phi) is 62.7. The molecule has 0 bridgehead atoms. The predicted octanol–water partition coefficient (Wildman–Crippen LogP) is 22.9. The van der Waals surface area contributed by atoms with Crippen LogP contribution in [0.4, 0.5) is 0 Å². The summed E-state index contributed by atoms with van der Waals surface area (Å²) < 4.78 is 17.0. The van der Waals surface area contributed by atoms with E-state index in [0.29, 0.717) is 19.3 Å². The fraction of sp³-hybridized carbons (Fsp3) is 0.789. The Morgan fingerprint density at radius 3 is 0.805 bits per heavy atom. The quantitative estimate of drug-likeness (QED) is 0.0261. The van der Waals surface area contributed by atoms with Gasteiger partial charge >= 0.3 is 17.9 Å². The molecule has 0 rings (SSSR count). The van der Waals surface area contributed by atoms with Gasteiger partial charge in [0.1, 0.15) is 13.2 Å². The van der Waals surface area contributed by atoms with Crippen LogP contribution in [0.5, 0.6) is 0 Å². The number of hydrogen-bond donors (Lipinski definition) is 0. The van der Waals surface area contributed by atoms with E-state index in [1.807, 2.05) is 0 Å². The summed E-state index contributed by atoms with van der Waals surface area (Å²) in [6.45, 7) is 6.55. The standard InChI is InChI=1S/C71H126O6/c1-4-7-10-13-16-19-22-25-28-31-33-35-37-40-43-46-49-52-55-58-61-64-70(73)76-67-68(66-75-69(72)63-60-57-54-51-48-45-42-39-30-27-24-21-18-15-12-9-6-3)77-71(74)65-62-59-56-53-50-47-44-41-38-36-34-32-29-26-23-20-17-14-11-8-5-2/h9,12,18,21,27,30-34,42,45,68H,4-8,10-11,13-17,19-20,22-26,28-29,35-41,43-44,46-67H2,1-3H3/b12-9-,21-18-,30-27-,33-31-,34-32-,45-42-. The largest absolute Gasteiger partial charge is 0.462 e. The van der Waals surface area contributed by atoms with E-state index in [1.165, 1.54) is 205 Å². The lowest BCUT2D eigenvalue weighted by Crippen LogP contribution is -2.30. The summed E-state index contributed by atoms with van der Waals surface area (Å²) in [4.78, 5) is 38.4. The number of esters is 3. The lowest BCUT2D eigenvalue weighted by atomic mass is 10.1. The molecule has 0 heterocycles. The van der Waals surface area contributed by atoms with Gasteiger partial charge in [-0.05, 0) is 109 Å². The number of ether oxygens (including phenoxy) is 3. The van der Waals surface area contributed by atoms with Crippen molar-refractivity contribution in [3.63, 3.8) is 0 Å². The fourth-order valence-electron chi connectivity index (χ4n) is 9.66. The average Bonchev–Trinajstić information content (AvgIpc) is 3.43. The first-order chi connectivity index (χ1) is 38.0. The Morgan fingerprint density at radius 2 is 0.506 bits per heavy atom. The molecule has 0 aromatic carbocycles. The van der Waals surface area contributed by atoms with Crippen LogP contribution < -0.4 is 0 Å². The second-order valence-electron chi connectivity index (χ2n) is 22.3. The van der Waals surface area contributed by atoms with Gasteiger partial charge in [0.25, 0.3) is 0 Å². The van der Waals surface area contributed by atoms with Crippen molar-refractivity contribution in [3.05, 3.63) is 72.9 Å². The Bertz CT molecular complexity index is 1420. The maximum Gasteiger partial charge on any atom is 0.306 e. The highest BCUT2D eigenvalue weighted by atomic mass is 16.6. The van der Waals surface area contributed by atoms with Crippen LogP contribution in [0.15, 0.2) is 72.9 Å². The first-order valence-corrected chi connectivity index (χ1v) is 33.4. The van der Waals surface area contributed by atoms with Crippen molar-refractivity contribution in [2.75, 3.05) is 13.2 Å². The van der Waals surface area contributed by atoms with Gasteiger partial charge < -0.3 is 14.2 Å². The molecule has 6 heteroatoms. The molecule has 77 heavy (non-hydrogen) atoms. The highest BCUT2D eigenvalue weighted by molar-refractivity contribution is 5.71. The summed E-state index contributed by atoms with van der Waals surface area (Å²) in [5.74, 6) is -0.895. The summed E-state index contributed by atoms with van der Waals surface area (Å²) in [5, 5.41) is 0. The van der Waals surface area contributed by atoms with Gasteiger partial charge in [-0.1, -0.05) is 286 Å². The van der Waals surface area contributed by atoms with Crippen LogP contribution in [-0.4, -0.2) is 37.2 Å². The molecule has 0 radical (unpaired) electrons. The van der Waals surface area contributed by atoms with Crippen LogP contribution in [-0.2, 0) is 28.6 Å². The third kappa shape index (κ3) is 63.6. The number of hydrogen-bond acceptors (Lipinski definition) is 6. The van der Waals surface area contributed by atoms with E-state index >= 15 is 0 Å². The van der Waals surface area contributed by atoms with E-state index in [1.54, 1.807) is 0 Å². The summed E-state index contributed by atoms with van der Waals surface area (Å²) >= 11 is 0. The van der Waals surface area contributed by atoms with E-state index in [0.717, 1.165) is 96.3 Å². The SMILES string of the molecule is CC/C=C\C/C=C\C/C=C\C/C=C\CCCCCCC(=O)OCC(COC(=O)CCCCCCCCCCC/C=C\CCCCCCCCCC)OC(=O)CCCCCCCCCCC/C=C\CCCCCCCCCC. The topological polar surface area (TPSA) is 78.9 Å². The van der Waals surface area contributed by atoms with Crippen LogP contribution in [0, 0.1) is 0 Å². The molecular formula is C71H126O6. The average molecular weight is 1080 g/mol. The minimum atomic E-state index is -0.789. The lowest BCUT2D eigenvalue weighted by molar-refractivity contribution is -0.167. The molecule has 0 saturated heterocycles. The van der Waals surface area contributed by atoms with Crippen molar-refractivity contribution in [1.82, 2.24) is 0 Å². The summed E-state index contributed by atoms with van der Waals surface area (Å²) in [6, 6.07) is 0. The lowest BCUT2D eigenvalue weighted by Gasteiger charge is -2.18. The van der Waals surface area contributed by atoms with E-state index in [9.17, 15) is 14.4 Å². The van der Waals surface area contributed by atoms with Crippen molar-refractivity contribution < 1.29 is 28.6 Å². The normalized spacial score (nSPS) is 12.5. The molecule has 0 aliphatic heterocycles. The Hall–Kier alpha value is -3.15. The van der Waals surface area contributed by atoms with Gasteiger partial charge in [0.05, 0.1) is 0 Å². The van der Waals surface area contributed by atoms with Crippen molar-refractivity contribution in [2.24, 2.45) is 0 Å². The number of carbonyl (C=O) groups is 3. The molecule has 1 unspecified atom stereocenters. The van der Waals surface area contributed by atoms with Crippen LogP contribution in [0.25, 0.3) is 0 Å². The van der Waals surface area contributed by atoms with E-state index < -0.39 is 6.10 Å². The Balaban J connectivity index is 4.38. The molecule has 0 aliphatic carbocycles. The van der Waals surface area contributed by atoms with Gasteiger partial charge in [0.15, 0.2) is 6.10 Å². The smallest absolute Gasteiger partial charge is 0.306 e. The summed E-state index contributed by atoms with van der Waals surface area (Å²) in [7, 11) is 0. The van der Waals surface area contributed by atoms with Crippen molar-refractivity contribution >= 4 is 17.9 Å². The van der Waals surface area contributed by atoms with Gasteiger partial charge in [-0.3, -0.25) is 14.4 Å². The van der Waals surface area contributed by atoms with Crippen LogP contribution in [0.2, 0.25) is 0 Å². The molecule has 0 amide bonds. The molecule has 1 atom stereocenters. The van der Waals surface area contributed by atoms with E-state index in [-0.39, 0.29) is 31.1 Å². The summed E-state index contributed by atoms with van der Waals surface area (Å²) in [6.07, 6.45) is 84.8. The minimum Gasteiger partial charge on any atom is -0.462 e. The minimum absolute atomic E-state index is 0.0835. The first kappa shape index (κ1) is 73.8. The zero-order valence-corrected chi connectivity index (χ0v) is 51.2. The van der Waals surface area contributed by atoms with Crippen molar-refractivity contribution in [3.8, 4) is 0 Å². The number of allylic oxidation sites excluding steroid dienone is 12. The Labute approximate surface area is 478 Å². The molecule has 0 aliphatic rings. The fourth-order valence-corrected chi connectivity index (χ4v) is 9.66. The summed E-state index contributed by atoms with van der Waals surface area (Å²) in [5.41, 5.74) is 0. The maximum atomic E-state index is 12.9. The second-order valence-corrected chi connectivity index (χ2v) is 22.3. The molecule has 0 aromatic heterocycles. The van der Waals surface area contributed by atoms with Crippen LogP contribution in [0.1, 0.15) is 342 Å². The third-order valence-electron chi connectivity index (χ3n) is 14.7. The molecule has 6 nitrogen and oxygen atoms in total. The van der Waals surface area contributed by atoms with Crippen molar-refractivity contribution in [1.29, 1.82) is 0 Å². The third-order valence-corrected chi connectivity index (χ3v) is 14.7. The van der Waals surface area contributed by atoms with Crippen LogP contribution >= 0.6 is 0 Å². The highest BCUT2D eigenvalue weighted by Crippen LogP contribution is 2.17. The van der Waals surface area contributed by atoms with Gasteiger partial charge in [-0.2, -0.15) is 0 Å². The van der Waals surface area contributed by atoms with E-state index in [2.05, 4.69) is 93.7 Å². The Morgan fingerprint density at radius 1 is 0.273 bits per heavy atom. The molecule has 0 aromatic rings. The van der Waals surface area contributed by atoms with Gasteiger partial charge in [0, 0.05) is 19.3 Å². The van der Waals surface area contributed by atoms with Gasteiger partial charge in [-0.15, -0.1) is 0 Å². The van der Waals surface area contributed by atoms with E-state index in [4.69, 9.17) is 14.2 Å². The molecule has 0 spiro atoms. The first-order valence-electron chi connectivity index (χ1n) is 33.4. The maximum absolute atomic E-state index is 12.9. The van der Waals surface area contributed by atoms with Gasteiger partial charge in [-0.25, -0.2) is 0 Å². The van der Waals surface area contributed by atoms with Gasteiger partial charge in [0.2, 0.25) is 0 Å².